The van der Waals surface area contributed by atoms with Crippen molar-refractivity contribution >= 4 is 35.8 Å². The molecular formula is C21H35IN4O2. The quantitative estimate of drug-likeness (QED) is 0.235. The van der Waals surface area contributed by atoms with Gasteiger partial charge in [0.1, 0.15) is 5.75 Å². The van der Waals surface area contributed by atoms with Crippen LogP contribution in [-0.4, -0.2) is 49.6 Å². The first-order valence-electron chi connectivity index (χ1n) is 10.2. The van der Waals surface area contributed by atoms with Gasteiger partial charge < -0.3 is 20.3 Å². The molecule has 1 aliphatic heterocycles. The number of likely N-dealkylation sites (tertiary alicyclic amines) is 1. The summed E-state index contributed by atoms with van der Waals surface area (Å²) in [5, 5.41) is 6.65. The van der Waals surface area contributed by atoms with Crippen LogP contribution in [0.2, 0.25) is 0 Å². The van der Waals surface area contributed by atoms with E-state index in [-0.39, 0.29) is 24.0 Å². The number of hydrogen-bond acceptors (Lipinski definition) is 3. The summed E-state index contributed by atoms with van der Waals surface area (Å²) in [5.74, 6) is 1.99. The molecule has 2 rings (SSSR count). The lowest BCUT2D eigenvalue weighted by molar-refractivity contribution is -0.130. The summed E-state index contributed by atoms with van der Waals surface area (Å²) in [4.78, 5) is 18.7. The van der Waals surface area contributed by atoms with E-state index in [4.69, 9.17) is 4.74 Å². The molecule has 1 fully saturated rings. The summed E-state index contributed by atoms with van der Waals surface area (Å²) in [6.45, 7) is 8.58. The first-order chi connectivity index (χ1) is 13.2. The van der Waals surface area contributed by atoms with Crippen molar-refractivity contribution < 1.29 is 9.53 Å². The first kappa shape index (κ1) is 24.5. The topological polar surface area (TPSA) is 66.0 Å². The largest absolute Gasteiger partial charge is 0.494 e. The number of rotatable bonds is 9. The fraction of sp³-hybridized carbons (Fsp3) is 0.619. The maximum absolute atomic E-state index is 12.0. The molecular weight excluding hydrogens is 467 g/mol. The summed E-state index contributed by atoms with van der Waals surface area (Å²) in [6.07, 6.45) is 4.96. The Morgan fingerprint density at radius 3 is 2.79 bits per heavy atom. The summed E-state index contributed by atoms with van der Waals surface area (Å²) in [5.41, 5.74) is 1.08. The van der Waals surface area contributed by atoms with Gasteiger partial charge in [-0.25, -0.2) is 4.99 Å². The van der Waals surface area contributed by atoms with E-state index in [1.54, 1.807) is 0 Å². The maximum atomic E-state index is 12.0. The number of para-hydroxylation sites is 1. The number of hydrogen-bond donors (Lipinski definition) is 2. The number of benzene rings is 1. The highest BCUT2D eigenvalue weighted by Gasteiger charge is 2.15. The standard InChI is InChI=1S/C21H34N4O2.HI/c1-3-22-21(24-17-18-11-7-8-12-19(18)27-4-2)23-14-10-16-25-15-9-5-6-13-20(25)26;/h7-8,11-12H,3-6,9-10,13-17H2,1-2H3,(H2,22,23,24);1H. The molecule has 1 aliphatic rings. The van der Waals surface area contributed by atoms with E-state index < -0.39 is 0 Å². The number of guanidine groups is 1. The van der Waals surface area contributed by atoms with Crippen LogP contribution < -0.4 is 15.4 Å². The van der Waals surface area contributed by atoms with Gasteiger partial charge in [0.05, 0.1) is 13.2 Å². The molecule has 1 amide bonds. The number of halogens is 1. The Morgan fingerprint density at radius 2 is 2.00 bits per heavy atom. The van der Waals surface area contributed by atoms with E-state index in [1.807, 2.05) is 36.1 Å². The second-order valence-electron chi connectivity index (χ2n) is 6.71. The Balaban J connectivity index is 0.00000392. The molecule has 0 atom stereocenters. The van der Waals surface area contributed by atoms with Gasteiger partial charge in [-0.2, -0.15) is 0 Å². The van der Waals surface area contributed by atoms with Gasteiger partial charge in [-0.1, -0.05) is 24.6 Å². The summed E-state index contributed by atoms with van der Waals surface area (Å²) >= 11 is 0. The zero-order chi connectivity index (χ0) is 19.3. The highest BCUT2D eigenvalue weighted by atomic mass is 127. The molecule has 158 valence electrons. The van der Waals surface area contributed by atoms with E-state index in [0.717, 1.165) is 62.7 Å². The predicted molar refractivity (Wildman–Crippen MR) is 126 cm³/mol. The molecule has 0 bridgehead atoms. The number of nitrogens with zero attached hydrogens (tertiary/aromatic N) is 2. The number of carbonyl (C=O) groups excluding carboxylic acids is 1. The lowest BCUT2D eigenvalue weighted by Crippen LogP contribution is -2.39. The molecule has 0 unspecified atom stereocenters. The SMILES string of the molecule is CCNC(=NCc1ccccc1OCC)NCCCN1CCCCCC1=O.I. The average Bonchev–Trinajstić information content (AvgIpc) is 2.88. The highest BCUT2D eigenvalue weighted by Crippen LogP contribution is 2.18. The number of ether oxygens (including phenoxy) is 1. The Hall–Kier alpha value is -1.51. The predicted octanol–water partition coefficient (Wildman–Crippen LogP) is 3.55. The highest BCUT2D eigenvalue weighted by molar-refractivity contribution is 14.0. The van der Waals surface area contributed by atoms with Crippen LogP contribution in [0.15, 0.2) is 29.3 Å². The van der Waals surface area contributed by atoms with Crippen molar-refractivity contribution in [2.45, 2.75) is 52.5 Å². The Bertz CT molecular complexity index is 610. The van der Waals surface area contributed by atoms with Crippen molar-refractivity contribution in [2.24, 2.45) is 4.99 Å². The summed E-state index contributed by atoms with van der Waals surface area (Å²) in [6, 6.07) is 8.01. The smallest absolute Gasteiger partial charge is 0.222 e. The van der Waals surface area contributed by atoms with E-state index in [9.17, 15) is 4.79 Å². The van der Waals surface area contributed by atoms with E-state index in [1.165, 1.54) is 6.42 Å². The molecule has 7 heteroatoms. The second kappa shape index (κ2) is 14.5. The molecule has 1 saturated heterocycles. The Morgan fingerprint density at radius 1 is 1.18 bits per heavy atom. The van der Waals surface area contributed by atoms with Gasteiger partial charge in [-0.15, -0.1) is 24.0 Å². The van der Waals surface area contributed by atoms with Crippen LogP contribution >= 0.6 is 24.0 Å². The van der Waals surface area contributed by atoms with E-state index in [0.29, 0.717) is 25.5 Å². The average molecular weight is 502 g/mol. The minimum Gasteiger partial charge on any atom is -0.494 e. The van der Waals surface area contributed by atoms with Crippen LogP contribution in [0.4, 0.5) is 0 Å². The fourth-order valence-corrected chi connectivity index (χ4v) is 3.19. The van der Waals surface area contributed by atoms with Gasteiger partial charge in [0.15, 0.2) is 5.96 Å². The molecule has 0 aromatic heterocycles. The molecule has 6 nitrogen and oxygen atoms in total. The van der Waals surface area contributed by atoms with Crippen LogP contribution in [-0.2, 0) is 11.3 Å². The van der Waals surface area contributed by atoms with Crippen molar-refractivity contribution in [1.29, 1.82) is 0 Å². The van der Waals surface area contributed by atoms with Crippen molar-refractivity contribution in [3.8, 4) is 5.75 Å². The summed E-state index contributed by atoms with van der Waals surface area (Å²) in [7, 11) is 0. The van der Waals surface area contributed by atoms with Crippen molar-refractivity contribution in [3.05, 3.63) is 29.8 Å². The Labute approximate surface area is 186 Å². The first-order valence-corrected chi connectivity index (χ1v) is 10.2. The lowest BCUT2D eigenvalue weighted by Gasteiger charge is -2.20. The number of aliphatic imine (C=N–C) groups is 1. The molecule has 28 heavy (non-hydrogen) atoms. The van der Waals surface area contributed by atoms with E-state index in [2.05, 4.69) is 22.5 Å². The van der Waals surface area contributed by atoms with Gasteiger partial charge in [0, 0.05) is 38.2 Å². The van der Waals surface area contributed by atoms with Crippen LogP contribution in [0, 0.1) is 0 Å². The van der Waals surface area contributed by atoms with Gasteiger partial charge in [-0.05, 0) is 39.2 Å². The van der Waals surface area contributed by atoms with Crippen LogP contribution in [0.1, 0.15) is 51.5 Å². The molecule has 2 N–H and O–H groups in total. The van der Waals surface area contributed by atoms with E-state index >= 15 is 0 Å². The molecule has 0 spiro atoms. The van der Waals surface area contributed by atoms with Crippen molar-refractivity contribution in [3.63, 3.8) is 0 Å². The van der Waals surface area contributed by atoms with Gasteiger partial charge in [0.2, 0.25) is 5.91 Å². The number of carbonyl (C=O) groups is 1. The van der Waals surface area contributed by atoms with Crippen LogP contribution in [0.3, 0.4) is 0 Å². The zero-order valence-corrected chi connectivity index (χ0v) is 19.5. The molecule has 1 heterocycles. The van der Waals surface area contributed by atoms with Gasteiger partial charge >= 0.3 is 0 Å². The van der Waals surface area contributed by atoms with Crippen molar-refractivity contribution in [2.75, 3.05) is 32.8 Å². The summed E-state index contributed by atoms with van der Waals surface area (Å²) < 4.78 is 5.67. The third kappa shape index (κ3) is 8.67. The minimum absolute atomic E-state index is 0. The van der Waals surface area contributed by atoms with Crippen molar-refractivity contribution in [1.82, 2.24) is 15.5 Å². The van der Waals surface area contributed by atoms with Crippen LogP contribution in [0.25, 0.3) is 0 Å². The lowest BCUT2D eigenvalue weighted by atomic mass is 10.2. The third-order valence-corrected chi connectivity index (χ3v) is 4.59. The van der Waals surface area contributed by atoms with Gasteiger partial charge in [0.25, 0.3) is 0 Å². The molecule has 1 aromatic carbocycles. The van der Waals surface area contributed by atoms with Gasteiger partial charge in [-0.3, -0.25) is 4.79 Å². The molecule has 0 radical (unpaired) electrons. The normalized spacial score (nSPS) is 14.9. The maximum Gasteiger partial charge on any atom is 0.222 e. The fourth-order valence-electron chi connectivity index (χ4n) is 3.19. The number of amides is 1. The Kier molecular flexibility index (Phi) is 12.7. The number of nitrogens with one attached hydrogen (secondary N) is 2. The monoisotopic (exact) mass is 502 g/mol. The molecule has 0 saturated carbocycles. The zero-order valence-electron chi connectivity index (χ0n) is 17.2. The minimum atomic E-state index is 0. The molecule has 1 aromatic rings. The second-order valence-corrected chi connectivity index (χ2v) is 6.71. The third-order valence-electron chi connectivity index (χ3n) is 4.59. The van der Waals surface area contributed by atoms with Crippen LogP contribution in [0.5, 0.6) is 5.75 Å². The molecule has 0 aliphatic carbocycles.